The van der Waals surface area contributed by atoms with Crippen LogP contribution in [0.3, 0.4) is 0 Å². The number of benzene rings is 2. The Morgan fingerprint density at radius 2 is 1.73 bits per heavy atom. The fourth-order valence-corrected chi connectivity index (χ4v) is 3.32. The van der Waals surface area contributed by atoms with Gasteiger partial charge in [0.2, 0.25) is 0 Å². The number of nitrogens with zero attached hydrogens (tertiary/aromatic N) is 3. The van der Waals surface area contributed by atoms with Crippen LogP contribution in [0.5, 0.6) is 5.75 Å². The van der Waals surface area contributed by atoms with Crippen LogP contribution in [-0.4, -0.2) is 34.2 Å². The average molecular weight is 421 g/mol. The van der Waals surface area contributed by atoms with E-state index in [0.717, 1.165) is 29.1 Å². The van der Waals surface area contributed by atoms with E-state index >= 15 is 0 Å². The fourth-order valence-electron chi connectivity index (χ4n) is 3.19. The quantitative estimate of drug-likeness (QED) is 0.491. The molecule has 0 aliphatic rings. The third kappa shape index (κ3) is 4.60. The standard InChI is InChI=1S/C23H21ClN4O2/c1-30-20-9-4-16(5-10-20)12-13-25-23(29)18-6-11-21-26-27-22(28(21)15-18)14-17-2-7-19(24)8-3-17/h2-11,15H,12-14H2,1H3,(H,25,29). The van der Waals surface area contributed by atoms with Crippen molar-refractivity contribution in [2.24, 2.45) is 0 Å². The number of carbonyl (C=O) groups is 1. The lowest BCUT2D eigenvalue weighted by molar-refractivity contribution is 0.0953. The van der Waals surface area contributed by atoms with E-state index in [2.05, 4.69) is 15.5 Å². The number of halogens is 1. The van der Waals surface area contributed by atoms with Crippen LogP contribution in [0.4, 0.5) is 0 Å². The van der Waals surface area contributed by atoms with Crippen molar-refractivity contribution in [3.05, 3.63) is 94.4 Å². The highest BCUT2D eigenvalue weighted by Gasteiger charge is 2.11. The first-order valence-corrected chi connectivity index (χ1v) is 9.99. The second-order valence-corrected chi connectivity index (χ2v) is 7.36. The predicted octanol–water partition coefficient (Wildman–Crippen LogP) is 3.95. The Bertz CT molecular complexity index is 1150. The molecule has 0 saturated carbocycles. The Morgan fingerprint density at radius 1 is 1.00 bits per heavy atom. The number of nitrogens with one attached hydrogen (secondary N) is 1. The smallest absolute Gasteiger partial charge is 0.252 e. The zero-order chi connectivity index (χ0) is 20.9. The molecule has 0 fully saturated rings. The van der Waals surface area contributed by atoms with Crippen molar-refractivity contribution in [3.63, 3.8) is 0 Å². The molecule has 30 heavy (non-hydrogen) atoms. The van der Waals surface area contributed by atoms with E-state index < -0.39 is 0 Å². The number of aromatic nitrogens is 3. The van der Waals surface area contributed by atoms with Crippen LogP contribution in [0.2, 0.25) is 5.02 Å². The second-order valence-electron chi connectivity index (χ2n) is 6.92. The molecular weight excluding hydrogens is 400 g/mol. The molecule has 2 aromatic heterocycles. The van der Waals surface area contributed by atoms with Gasteiger partial charge in [-0.1, -0.05) is 35.9 Å². The molecule has 0 saturated heterocycles. The molecule has 4 rings (SSSR count). The monoisotopic (exact) mass is 420 g/mol. The van der Waals surface area contributed by atoms with Crippen molar-refractivity contribution in [1.82, 2.24) is 19.9 Å². The van der Waals surface area contributed by atoms with Crippen molar-refractivity contribution >= 4 is 23.2 Å². The van der Waals surface area contributed by atoms with Crippen LogP contribution in [0.1, 0.15) is 27.3 Å². The first-order chi connectivity index (χ1) is 14.6. The number of carbonyl (C=O) groups excluding carboxylic acids is 1. The molecule has 2 heterocycles. The topological polar surface area (TPSA) is 68.5 Å². The Hall–Kier alpha value is -3.38. The van der Waals surface area contributed by atoms with E-state index in [1.165, 1.54) is 0 Å². The summed E-state index contributed by atoms with van der Waals surface area (Å²) < 4.78 is 7.02. The molecule has 152 valence electrons. The van der Waals surface area contributed by atoms with Gasteiger partial charge < -0.3 is 10.1 Å². The first-order valence-electron chi connectivity index (χ1n) is 9.61. The van der Waals surface area contributed by atoms with E-state index in [4.69, 9.17) is 16.3 Å². The normalized spacial score (nSPS) is 10.9. The van der Waals surface area contributed by atoms with Gasteiger partial charge in [0.25, 0.3) is 5.91 Å². The van der Waals surface area contributed by atoms with Crippen molar-refractivity contribution in [3.8, 4) is 5.75 Å². The summed E-state index contributed by atoms with van der Waals surface area (Å²) in [5.74, 6) is 1.45. The molecule has 4 aromatic rings. The summed E-state index contributed by atoms with van der Waals surface area (Å²) >= 11 is 5.96. The summed E-state index contributed by atoms with van der Waals surface area (Å²) in [6.45, 7) is 0.545. The molecule has 0 radical (unpaired) electrons. The zero-order valence-electron chi connectivity index (χ0n) is 16.5. The number of pyridine rings is 1. The molecule has 1 amide bonds. The van der Waals surface area contributed by atoms with Crippen molar-refractivity contribution < 1.29 is 9.53 Å². The molecule has 0 atom stereocenters. The van der Waals surface area contributed by atoms with Gasteiger partial charge in [0.15, 0.2) is 5.65 Å². The number of hydrogen-bond acceptors (Lipinski definition) is 4. The number of rotatable bonds is 7. The number of hydrogen-bond donors (Lipinski definition) is 1. The van der Waals surface area contributed by atoms with Crippen molar-refractivity contribution in [2.75, 3.05) is 13.7 Å². The minimum atomic E-state index is -0.128. The average Bonchev–Trinajstić information content (AvgIpc) is 3.17. The zero-order valence-corrected chi connectivity index (χ0v) is 17.3. The third-order valence-electron chi connectivity index (χ3n) is 4.87. The summed E-state index contributed by atoms with van der Waals surface area (Å²) in [6.07, 6.45) is 3.12. The predicted molar refractivity (Wildman–Crippen MR) is 116 cm³/mol. The number of fused-ring (bicyclic) bond motifs is 1. The summed E-state index contributed by atoms with van der Waals surface area (Å²) in [5.41, 5.74) is 3.47. The maximum Gasteiger partial charge on any atom is 0.252 e. The van der Waals surface area contributed by atoms with E-state index in [0.29, 0.717) is 29.2 Å². The molecule has 0 aliphatic carbocycles. The molecule has 0 spiro atoms. The lowest BCUT2D eigenvalue weighted by atomic mass is 10.1. The van der Waals surface area contributed by atoms with Gasteiger partial charge in [-0.2, -0.15) is 0 Å². The van der Waals surface area contributed by atoms with E-state index in [-0.39, 0.29) is 5.91 Å². The summed E-state index contributed by atoms with van der Waals surface area (Å²) in [7, 11) is 1.64. The van der Waals surface area contributed by atoms with Crippen LogP contribution in [-0.2, 0) is 12.8 Å². The highest BCUT2D eigenvalue weighted by molar-refractivity contribution is 6.30. The molecule has 7 heteroatoms. The Balaban J connectivity index is 1.42. The Kier molecular flexibility index (Phi) is 5.95. The summed E-state index contributed by atoms with van der Waals surface area (Å²) in [5, 5.41) is 12.1. The summed E-state index contributed by atoms with van der Waals surface area (Å²) in [4.78, 5) is 12.6. The van der Waals surface area contributed by atoms with Crippen LogP contribution in [0.25, 0.3) is 5.65 Å². The third-order valence-corrected chi connectivity index (χ3v) is 5.12. The van der Waals surface area contributed by atoms with Gasteiger partial charge in [-0.3, -0.25) is 9.20 Å². The number of ether oxygens (including phenoxy) is 1. The van der Waals surface area contributed by atoms with Gasteiger partial charge in [0.05, 0.1) is 12.7 Å². The lowest BCUT2D eigenvalue weighted by Gasteiger charge is -2.07. The van der Waals surface area contributed by atoms with Crippen LogP contribution >= 0.6 is 11.6 Å². The van der Waals surface area contributed by atoms with Crippen LogP contribution < -0.4 is 10.1 Å². The van der Waals surface area contributed by atoms with E-state index in [1.54, 1.807) is 25.4 Å². The minimum absolute atomic E-state index is 0.128. The van der Waals surface area contributed by atoms with E-state index in [9.17, 15) is 4.79 Å². The molecule has 0 aliphatic heterocycles. The van der Waals surface area contributed by atoms with Gasteiger partial charge in [-0.25, -0.2) is 0 Å². The van der Waals surface area contributed by atoms with Gasteiger partial charge in [0, 0.05) is 24.2 Å². The number of methoxy groups -OCH3 is 1. The molecular formula is C23H21ClN4O2. The molecule has 1 N–H and O–H groups in total. The van der Waals surface area contributed by atoms with Crippen LogP contribution in [0, 0.1) is 0 Å². The molecule has 0 unspecified atom stereocenters. The van der Waals surface area contributed by atoms with Gasteiger partial charge in [-0.05, 0) is 53.9 Å². The van der Waals surface area contributed by atoms with Crippen molar-refractivity contribution in [1.29, 1.82) is 0 Å². The maximum atomic E-state index is 12.6. The molecule has 2 aromatic carbocycles. The lowest BCUT2D eigenvalue weighted by Crippen LogP contribution is -2.26. The fraction of sp³-hybridized carbons (Fsp3) is 0.174. The van der Waals surface area contributed by atoms with E-state index in [1.807, 2.05) is 52.9 Å². The highest BCUT2D eigenvalue weighted by atomic mass is 35.5. The Morgan fingerprint density at radius 3 is 2.47 bits per heavy atom. The number of amides is 1. The van der Waals surface area contributed by atoms with Crippen LogP contribution in [0.15, 0.2) is 66.9 Å². The molecule has 6 nitrogen and oxygen atoms in total. The Labute approximate surface area is 179 Å². The SMILES string of the molecule is COc1ccc(CCNC(=O)c2ccc3nnc(Cc4ccc(Cl)cc4)n3c2)cc1. The summed E-state index contributed by atoms with van der Waals surface area (Å²) in [6, 6.07) is 19.0. The largest absolute Gasteiger partial charge is 0.497 e. The highest BCUT2D eigenvalue weighted by Crippen LogP contribution is 2.15. The second kappa shape index (κ2) is 8.97. The molecule has 0 bridgehead atoms. The minimum Gasteiger partial charge on any atom is -0.497 e. The van der Waals surface area contributed by atoms with Gasteiger partial charge in [-0.15, -0.1) is 10.2 Å². The van der Waals surface area contributed by atoms with Gasteiger partial charge >= 0.3 is 0 Å². The first kappa shape index (κ1) is 19.9. The van der Waals surface area contributed by atoms with Crippen molar-refractivity contribution in [2.45, 2.75) is 12.8 Å². The van der Waals surface area contributed by atoms with Gasteiger partial charge in [0.1, 0.15) is 11.6 Å². The maximum absolute atomic E-state index is 12.6.